The Morgan fingerprint density at radius 3 is 2.50 bits per heavy atom. The zero-order valence-corrected chi connectivity index (χ0v) is 14.8. The fourth-order valence-corrected chi connectivity index (χ4v) is 7.80. The molecule has 0 aromatic rings. The van der Waals surface area contributed by atoms with Crippen LogP contribution in [0.4, 0.5) is 0 Å². The third kappa shape index (κ3) is 1.75. The molecule has 4 aliphatic carbocycles. The molecule has 2 unspecified atom stereocenters. The first-order chi connectivity index (χ1) is 10.4. The molecule has 0 aromatic carbocycles. The number of aliphatic hydroxyl groups excluding tert-OH is 1. The fraction of sp³-hybridized carbons (Fsp3) is 0.905. The Kier molecular flexibility index (Phi) is 3.20. The van der Waals surface area contributed by atoms with Crippen molar-refractivity contribution in [2.75, 3.05) is 6.61 Å². The van der Waals surface area contributed by atoms with Gasteiger partial charge in [0.2, 0.25) is 0 Å². The van der Waals surface area contributed by atoms with Crippen molar-refractivity contribution < 1.29 is 5.11 Å². The van der Waals surface area contributed by atoms with Gasteiger partial charge in [-0.1, -0.05) is 39.3 Å². The second kappa shape index (κ2) is 4.62. The summed E-state index contributed by atoms with van der Waals surface area (Å²) >= 11 is 0. The highest BCUT2D eigenvalue weighted by molar-refractivity contribution is 5.25. The third-order valence-corrected chi connectivity index (χ3v) is 8.89. The van der Waals surface area contributed by atoms with Crippen LogP contribution in [0.2, 0.25) is 0 Å². The van der Waals surface area contributed by atoms with Crippen LogP contribution < -0.4 is 0 Å². The maximum Gasteiger partial charge on any atom is 0.0490 e. The van der Waals surface area contributed by atoms with Crippen LogP contribution in [0.3, 0.4) is 0 Å². The highest BCUT2D eigenvalue weighted by Crippen LogP contribution is 2.72. The summed E-state index contributed by atoms with van der Waals surface area (Å²) < 4.78 is 0. The van der Waals surface area contributed by atoms with E-state index in [-0.39, 0.29) is 5.41 Å². The lowest BCUT2D eigenvalue weighted by molar-refractivity contribution is -0.161. The predicted octanol–water partition coefficient (Wildman–Crippen LogP) is 5.34. The maximum absolute atomic E-state index is 10.2. The molecule has 1 nitrogen and oxygen atoms in total. The SMILES string of the molecule is CC[C@]1(CO)CCC[C@@]2(C)C3CC[C@]4(C)C=C[C@@]3(CCC12)C4. The molecule has 1 spiro atoms. The van der Waals surface area contributed by atoms with Gasteiger partial charge in [0.05, 0.1) is 0 Å². The molecule has 0 aliphatic heterocycles. The van der Waals surface area contributed by atoms with E-state index in [0.717, 1.165) is 18.3 Å². The van der Waals surface area contributed by atoms with E-state index in [9.17, 15) is 5.11 Å². The van der Waals surface area contributed by atoms with Crippen LogP contribution in [0.1, 0.15) is 78.6 Å². The van der Waals surface area contributed by atoms with Gasteiger partial charge in [-0.15, -0.1) is 0 Å². The van der Waals surface area contributed by atoms with Crippen LogP contribution in [-0.4, -0.2) is 11.7 Å². The van der Waals surface area contributed by atoms with E-state index in [4.69, 9.17) is 0 Å². The molecule has 0 saturated heterocycles. The predicted molar refractivity (Wildman–Crippen MR) is 91.5 cm³/mol. The Labute approximate surface area is 136 Å². The highest BCUT2D eigenvalue weighted by Gasteiger charge is 2.63. The standard InChI is InChI=1S/C21H34O/c1-4-20(15-22)9-5-8-19(3)16(20)7-11-21-13-12-18(2,14-21)10-6-17(19)21/h12-13,16-17,22H,4-11,14-15H2,1-3H3/t16?,17?,18-,19-,20-,21+/m1/s1. The average Bonchev–Trinajstić information content (AvgIpc) is 2.75. The molecule has 0 amide bonds. The van der Waals surface area contributed by atoms with Crippen LogP contribution in [-0.2, 0) is 0 Å². The monoisotopic (exact) mass is 302 g/mol. The topological polar surface area (TPSA) is 20.2 Å². The van der Waals surface area contributed by atoms with Gasteiger partial charge in [0.1, 0.15) is 0 Å². The van der Waals surface area contributed by atoms with Gasteiger partial charge in [-0.2, -0.15) is 0 Å². The summed E-state index contributed by atoms with van der Waals surface area (Å²) in [5.74, 6) is 1.61. The molecule has 4 aliphatic rings. The first kappa shape index (κ1) is 15.2. The van der Waals surface area contributed by atoms with Gasteiger partial charge in [-0.3, -0.25) is 0 Å². The van der Waals surface area contributed by atoms with Gasteiger partial charge >= 0.3 is 0 Å². The lowest BCUT2D eigenvalue weighted by Gasteiger charge is -2.65. The Morgan fingerprint density at radius 2 is 1.77 bits per heavy atom. The Bertz CT molecular complexity index is 490. The molecular weight excluding hydrogens is 268 g/mol. The van der Waals surface area contributed by atoms with Crippen LogP contribution in [0.25, 0.3) is 0 Å². The molecule has 1 N–H and O–H groups in total. The largest absolute Gasteiger partial charge is 0.396 e. The van der Waals surface area contributed by atoms with Crippen molar-refractivity contribution in [1.82, 2.24) is 0 Å². The molecule has 6 atom stereocenters. The molecule has 3 saturated carbocycles. The highest BCUT2D eigenvalue weighted by atomic mass is 16.3. The number of aliphatic hydroxyl groups is 1. The Hall–Kier alpha value is -0.300. The smallest absolute Gasteiger partial charge is 0.0490 e. The molecule has 22 heavy (non-hydrogen) atoms. The molecule has 0 aromatic heterocycles. The summed E-state index contributed by atoms with van der Waals surface area (Å²) in [6.45, 7) is 7.82. The van der Waals surface area contributed by atoms with Gasteiger partial charge in [-0.25, -0.2) is 0 Å². The van der Waals surface area contributed by atoms with E-state index in [1.165, 1.54) is 51.4 Å². The molecule has 124 valence electrons. The van der Waals surface area contributed by atoms with Crippen LogP contribution >= 0.6 is 0 Å². The summed E-state index contributed by atoms with van der Waals surface area (Å²) in [6.07, 6.45) is 17.3. The molecule has 1 heteroatoms. The number of allylic oxidation sites excluding steroid dienone is 2. The van der Waals surface area contributed by atoms with Crippen LogP contribution in [0.15, 0.2) is 12.2 Å². The third-order valence-electron chi connectivity index (χ3n) is 8.89. The van der Waals surface area contributed by atoms with Gasteiger partial charge < -0.3 is 5.11 Å². The zero-order valence-electron chi connectivity index (χ0n) is 14.8. The Balaban J connectivity index is 1.74. The van der Waals surface area contributed by atoms with Crippen molar-refractivity contribution in [2.45, 2.75) is 78.6 Å². The van der Waals surface area contributed by atoms with Crippen molar-refractivity contribution >= 4 is 0 Å². The van der Waals surface area contributed by atoms with Gasteiger partial charge in [-0.05, 0) is 84.9 Å². The molecule has 0 radical (unpaired) electrons. The number of rotatable bonds is 2. The van der Waals surface area contributed by atoms with Crippen LogP contribution in [0, 0.1) is 33.5 Å². The Morgan fingerprint density at radius 1 is 1.00 bits per heavy atom. The van der Waals surface area contributed by atoms with Gasteiger partial charge in [0, 0.05) is 6.61 Å². The van der Waals surface area contributed by atoms with Crippen molar-refractivity contribution in [3.8, 4) is 0 Å². The van der Waals surface area contributed by atoms with Gasteiger partial charge in [0.25, 0.3) is 0 Å². The van der Waals surface area contributed by atoms with E-state index in [0.29, 0.717) is 22.9 Å². The van der Waals surface area contributed by atoms with Gasteiger partial charge in [0.15, 0.2) is 0 Å². The van der Waals surface area contributed by atoms with Crippen LogP contribution in [0.5, 0.6) is 0 Å². The summed E-state index contributed by atoms with van der Waals surface area (Å²) in [6, 6.07) is 0. The lowest BCUT2D eigenvalue weighted by atomic mass is 9.40. The number of hydrogen-bond acceptors (Lipinski definition) is 1. The summed E-state index contributed by atoms with van der Waals surface area (Å²) in [5.41, 5.74) is 1.68. The fourth-order valence-electron chi connectivity index (χ4n) is 7.80. The number of fused-ring (bicyclic) bond motifs is 3. The van der Waals surface area contributed by atoms with E-state index in [2.05, 4.69) is 32.9 Å². The number of hydrogen-bond donors (Lipinski definition) is 1. The van der Waals surface area contributed by atoms with Crippen molar-refractivity contribution in [1.29, 1.82) is 0 Å². The minimum Gasteiger partial charge on any atom is -0.396 e. The molecule has 2 bridgehead atoms. The second-order valence-electron chi connectivity index (χ2n) is 9.81. The van der Waals surface area contributed by atoms with E-state index >= 15 is 0 Å². The second-order valence-corrected chi connectivity index (χ2v) is 9.81. The molecular formula is C21H34O. The molecule has 0 heterocycles. The van der Waals surface area contributed by atoms with Crippen molar-refractivity contribution in [2.24, 2.45) is 33.5 Å². The molecule has 4 rings (SSSR count). The zero-order chi connectivity index (χ0) is 15.6. The van der Waals surface area contributed by atoms with E-state index < -0.39 is 0 Å². The quantitative estimate of drug-likeness (QED) is 0.683. The normalized spacial score (nSPS) is 56.5. The molecule has 3 fully saturated rings. The first-order valence-electron chi connectivity index (χ1n) is 9.73. The summed E-state index contributed by atoms with van der Waals surface area (Å²) in [7, 11) is 0. The van der Waals surface area contributed by atoms with Crippen molar-refractivity contribution in [3.63, 3.8) is 0 Å². The minimum absolute atomic E-state index is 0.220. The van der Waals surface area contributed by atoms with E-state index in [1.807, 2.05) is 0 Å². The summed E-state index contributed by atoms with van der Waals surface area (Å²) in [4.78, 5) is 0. The minimum atomic E-state index is 0.220. The average molecular weight is 303 g/mol. The maximum atomic E-state index is 10.2. The first-order valence-corrected chi connectivity index (χ1v) is 9.73. The van der Waals surface area contributed by atoms with E-state index in [1.54, 1.807) is 0 Å². The van der Waals surface area contributed by atoms with Crippen molar-refractivity contribution in [3.05, 3.63) is 12.2 Å². The summed E-state index contributed by atoms with van der Waals surface area (Å²) in [5, 5.41) is 10.2. The lowest BCUT2D eigenvalue weighted by Crippen LogP contribution is -2.58.